The van der Waals surface area contributed by atoms with E-state index in [0.29, 0.717) is 23.9 Å². The van der Waals surface area contributed by atoms with E-state index in [1.54, 1.807) is 23.1 Å². The number of aromatic nitrogens is 3. The Hall–Kier alpha value is -4.60. The van der Waals surface area contributed by atoms with Crippen molar-refractivity contribution in [3.63, 3.8) is 0 Å². The molecule has 1 atom stereocenters. The predicted molar refractivity (Wildman–Crippen MR) is 150 cm³/mol. The van der Waals surface area contributed by atoms with E-state index < -0.39 is 23.8 Å². The second-order valence-corrected chi connectivity index (χ2v) is 10.6. The summed E-state index contributed by atoms with van der Waals surface area (Å²) in [4.78, 5) is 42.0. The third-order valence-electron chi connectivity index (χ3n) is 6.56. The van der Waals surface area contributed by atoms with Crippen LogP contribution in [0.2, 0.25) is 0 Å². The quantitative estimate of drug-likeness (QED) is 0.351. The SMILES string of the molecule is COc1nc2ccccc2cc1-c1cnc(C2CN(C(=O)OC(C)(C)C)CCN2C(=O)OCc2ccccc2)[nH]1. The highest BCUT2D eigenvalue weighted by Crippen LogP contribution is 2.33. The van der Waals surface area contributed by atoms with E-state index in [9.17, 15) is 9.59 Å². The highest BCUT2D eigenvalue weighted by Gasteiger charge is 2.37. The molecule has 5 rings (SSSR count). The van der Waals surface area contributed by atoms with Crippen LogP contribution in [-0.4, -0.2) is 69.3 Å². The smallest absolute Gasteiger partial charge is 0.410 e. The van der Waals surface area contributed by atoms with E-state index in [4.69, 9.17) is 14.2 Å². The topological polar surface area (TPSA) is 110 Å². The fraction of sp³-hybridized carbons (Fsp3) is 0.333. The lowest BCUT2D eigenvalue weighted by Crippen LogP contribution is -2.53. The van der Waals surface area contributed by atoms with E-state index in [1.807, 2.05) is 81.4 Å². The molecule has 3 heterocycles. The van der Waals surface area contributed by atoms with Crippen molar-refractivity contribution in [3.8, 4) is 17.1 Å². The Morgan fingerprint density at radius 2 is 1.77 bits per heavy atom. The maximum atomic E-state index is 13.3. The van der Waals surface area contributed by atoms with Crippen LogP contribution < -0.4 is 4.74 Å². The Morgan fingerprint density at radius 3 is 2.52 bits per heavy atom. The van der Waals surface area contributed by atoms with Gasteiger partial charge in [-0.1, -0.05) is 48.5 Å². The average Bonchev–Trinajstić information content (AvgIpc) is 3.44. The number of ether oxygens (including phenoxy) is 3. The number of pyridine rings is 1. The second kappa shape index (κ2) is 11.3. The Morgan fingerprint density at radius 1 is 1.02 bits per heavy atom. The number of hydrogen-bond donors (Lipinski definition) is 1. The van der Waals surface area contributed by atoms with Crippen LogP contribution in [0.3, 0.4) is 0 Å². The summed E-state index contributed by atoms with van der Waals surface area (Å²) in [6.45, 7) is 6.36. The van der Waals surface area contributed by atoms with Gasteiger partial charge in [0.25, 0.3) is 0 Å². The first-order chi connectivity index (χ1) is 19.2. The number of benzene rings is 2. The van der Waals surface area contributed by atoms with Crippen molar-refractivity contribution in [2.45, 2.75) is 39.0 Å². The van der Waals surface area contributed by atoms with Crippen molar-refractivity contribution in [1.82, 2.24) is 24.8 Å². The van der Waals surface area contributed by atoms with Crippen LogP contribution in [0, 0.1) is 0 Å². The Bertz CT molecular complexity index is 1500. The Labute approximate surface area is 232 Å². The molecule has 208 valence electrons. The fourth-order valence-electron chi connectivity index (χ4n) is 4.62. The van der Waals surface area contributed by atoms with Gasteiger partial charge in [0.1, 0.15) is 24.1 Å². The molecule has 1 fully saturated rings. The number of methoxy groups -OCH3 is 1. The number of H-pyrrole nitrogens is 1. The van der Waals surface area contributed by atoms with Crippen molar-refractivity contribution in [2.75, 3.05) is 26.7 Å². The molecule has 1 N–H and O–H groups in total. The van der Waals surface area contributed by atoms with Gasteiger partial charge < -0.3 is 24.1 Å². The molecule has 2 aromatic heterocycles. The lowest BCUT2D eigenvalue weighted by atomic mass is 10.1. The lowest BCUT2D eigenvalue weighted by molar-refractivity contribution is -0.000128. The minimum Gasteiger partial charge on any atom is -0.480 e. The molecule has 40 heavy (non-hydrogen) atoms. The number of carbonyl (C=O) groups excluding carboxylic acids is 2. The number of imidazole rings is 1. The first-order valence-corrected chi connectivity index (χ1v) is 13.2. The zero-order valence-electron chi connectivity index (χ0n) is 23.1. The number of rotatable bonds is 5. The number of nitrogens with zero attached hydrogens (tertiary/aromatic N) is 4. The Balaban J connectivity index is 1.43. The maximum Gasteiger partial charge on any atom is 0.410 e. The van der Waals surface area contributed by atoms with Crippen LogP contribution in [0.5, 0.6) is 5.88 Å². The van der Waals surface area contributed by atoms with Crippen molar-refractivity contribution in [2.24, 2.45) is 0 Å². The molecule has 0 spiro atoms. The summed E-state index contributed by atoms with van der Waals surface area (Å²) in [6.07, 6.45) is 0.756. The van der Waals surface area contributed by atoms with Crippen molar-refractivity contribution >= 4 is 23.1 Å². The van der Waals surface area contributed by atoms with Crippen LogP contribution in [0.1, 0.15) is 38.2 Å². The largest absolute Gasteiger partial charge is 0.480 e. The molecule has 2 amide bonds. The molecule has 0 radical (unpaired) electrons. The van der Waals surface area contributed by atoms with E-state index in [0.717, 1.165) is 22.0 Å². The summed E-state index contributed by atoms with van der Waals surface area (Å²) in [5, 5.41) is 0.953. The fourth-order valence-corrected chi connectivity index (χ4v) is 4.62. The van der Waals surface area contributed by atoms with Gasteiger partial charge in [-0.3, -0.25) is 4.90 Å². The first-order valence-electron chi connectivity index (χ1n) is 13.2. The minimum atomic E-state index is -0.643. The summed E-state index contributed by atoms with van der Waals surface area (Å²) >= 11 is 0. The molecule has 0 bridgehead atoms. The molecule has 0 saturated carbocycles. The van der Waals surface area contributed by atoms with Crippen LogP contribution >= 0.6 is 0 Å². The van der Waals surface area contributed by atoms with Gasteiger partial charge >= 0.3 is 12.2 Å². The number of nitrogens with one attached hydrogen (secondary N) is 1. The molecular formula is C30H33N5O5. The molecule has 10 heteroatoms. The summed E-state index contributed by atoms with van der Waals surface area (Å²) in [7, 11) is 1.57. The normalized spacial score (nSPS) is 15.7. The monoisotopic (exact) mass is 543 g/mol. The van der Waals surface area contributed by atoms with Gasteiger partial charge in [-0.25, -0.2) is 19.6 Å². The van der Waals surface area contributed by atoms with Gasteiger partial charge in [0.05, 0.1) is 36.6 Å². The lowest BCUT2D eigenvalue weighted by Gasteiger charge is -2.40. The molecular weight excluding hydrogens is 510 g/mol. The van der Waals surface area contributed by atoms with Crippen LogP contribution in [0.4, 0.5) is 9.59 Å². The van der Waals surface area contributed by atoms with Crippen molar-refractivity contribution < 1.29 is 23.8 Å². The Kier molecular flexibility index (Phi) is 7.59. The summed E-state index contributed by atoms with van der Waals surface area (Å²) in [5.41, 5.74) is 2.47. The number of amides is 2. The molecule has 1 aliphatic heterocycles. The molecule has 2 aromatic carbocycles. The zero-order valence-corrected chi connectivity index (χ0v) is 23.1. The standard InChI is InChI=1S/C30H33N5O5/c1-30(2,3)40-28(36)34-14-15-35(29(37)39-19-20-10-6-5-7-11-20)25(18-34)26-31-17-24(32-26)22-16-21-12-8-9-13-23(21)33-27(22)38-4/h5-13,16-17,25H,14-15,18-19H2,1-4H3,(H,31,32). The maximum absolute atomic E-state index is 13.3. The van der Waals surface area contributed by atoms with E-state index >= 15 is 0 Å². The number of piperazine rings is 1. The number of hydrogen-bond acceptors (Lipinski definition) is 7. The predicted octanol–water partition coefficient (Wildman–Crippen LogP) is 5.56. The number of carbonyl (C=O) groups is 2. The van der Waals surface area contributed by atoms with Gasteiger partial charge in [0.2, 0.25) is 5.88 Å². The van der Waals surface area contributed by atoms with Crippen molar-refractivity contribution in [3.05, 3.63) is 78.2 Å². The summed E-state index contributed by atoms with van der Waals surface area (Å²) in [6, 6.07) is 18.7. The van der Waals surface area contributed by atoms with E-state index in [-0.39, 0.29) is 19.7 Å². The van der Waals surface area contributed by atoms with Crippen LogP contribution in [-0.2, 0) is 16.1 Å². The van der Waals surface area contributed by atoms with Gasteiger partial charge in [0, 0.05) is 18.5 Å². The number of aromatic amines is 1. The van der Waals surface area contributed by atoms with E-state index in [2.05, 4.69) is 15.0 Å². The third kappa shape index (κ3) is 6.01. The first kappa shape index (κ1) is 27.0. The highest BCUT2D eigenvalue weighted by molar-refractivity contribution is 5.85. The minimum absolute atomic E-state index is 0.141. The third-order valence-corrected chi connectivity index (χ3v) is 6.56. The summed E-state index contributed by atoms with van der Waals surface area (Å²) < 4.78 is 16.8. The number of para-hydroxylation sites is 1. The molecule has 4 aromatic rings. The van der Waals surface area contributed by atoms with Gasteiger partial charge in [-0.2, -0.15) is 0 Å². The highest BCUT2D eigenvalue weighted by atomic mass is 16.6. The van der Waals surface area contributed by atoms with Gasteiger partial charge in [0.15, 0.2) is 0 Å². The molecule has 10 nitrogen and oxygen atoms in total. The number of fused-ring (bicyclic) bond motifs is 1. The molecule has 1 unspecified atom stereocenters. The molecule has 1 aliphatic rings. The van der Waals surface area contributed by atoms with Crippen molar-refractivity contribution in [1.29, 1.82) is 0 Å². The van der Waals surface area contributed by atoms with Gasteiger partial charge in [-0.05, 0) is 38.5 Å². The second-order valence-electron chi connectivity index (χ2n) is 10.6. The molecule has 0 aliphatic carbocycles. The average molecular weight is 544 g/mol. The van der Waals surface area contributed by atoms with Crippen LogP contribution in [0.15, 0.2) is 66.9 Å². The zero-order chi connectivity index (χ0) is 28.3. The molecule has 1 saturated heterocycles. The van der Waals surface area contributed by atoms with E-state index in [1.165, 1.54) is 0 Å². The summed E-state index contributed by atoms with van der Waals surface area (Å²) in [5.74, 6) is 0.960. The van der Waals surface area contributed by atoms with Gasteiger partial charge in [-0.15, -0.1) is 0 Å². The van der Waals surface area contributed by atoms with Crippen LogP contribution in [0.25, 0.3) is 22.2 Å².